The average Bonchev–Trinajstić information content (AvgIpc) is 2.85. The highest BCUT2D eigenvalue weighted by Gasteiger charge is 2.17. The maximum Gasteiger partial charge on any atom is 0.322 e. The Bertz CT molecular complexity index is 1230. The predicted octanol–water partition coefficient (Wildman–Crippen LogP) is 5.57. The van der Waals surface area contributed by atoms with E-state index in [0.29, 0.717) is 53.6 Å². The molecule has 0 spiro atoms. The zero-order valence-corrected chi connectivity index (χ0v) is 23.2. The summed E-state index contributed by atoms with van der Waals surface area (Å²) in [5, 5.41) is 5.40. The number of nitrogens with one attached hydrogen (secondary N) is 1. The summed E-state index contributed by atoms with van der Waals surface area (Å²) in [6.45, 7) is 2.83. The number of rotatable bonds is 8. The highest BCUT2D eigenvalue weighted by molar-refractivity contribution is 9.11. The second kappa shape index (κ2) is 12.2. The van der Waals surface area contributed by atoms with Crippen LogP contribution in [0.3, 0.4) is 0 Å². The van der Waals surface area contributed by atoms with E-state index in [0.717, 1.165) is 14.5 Å². The molecule has 0 saturated carbocycles. The highest BCUT2D eigenvalue weighted by Crippen LogP contribution is 2.33. The van der Waals surface area contributed by atoms with Crippen LogP contribution in [0.2, 0.25) is 10.0 Å². The second-order valence-electron chi connectivity index (χ2n) is 7.25. The van der Waals surface area contributed by atoms with Crippen molar-refractivity contribution in [1.29, 1.82) is 0 Å². The van der Waals surface area contributed by atoms with E-state index in [9.17, 15) is 0 Å². The van der Waals surface area contributed by atoms with E-state index in [2.05, 4.69) is 57.3 Å². The number of hydrazone groups is 1. The fourth-order valence-corrected chi connectivity index (χ4v) is 5.00. The lowest BCUT2D eigenvalue weighted by atomic mass is 10.2. The van der Waals surface area contributed by atoms with Crippen molar-refractivity contribution in [3.05, 3.63) is 60.4 Å². The van der Waals surface area contributed by atoms with Crippen molar-refractivity contribution < 1.29 is 14.2 Å². The molecule has 1 N–H and O–H groups in total. The van der Waals surface area contributed by atoms with E-state index in [1.54, 1.807) is 18.3 Å². The minimum atomic E-state index is 0.188. The van der Waals surface area contributed by atoms with E-state index < -0.39 is 0 Å². The molecule has 1 aliphatic rings. The van der Waals surface area contributed by atoms with Crippen LogP contribution in [-0.4, -0.2) is 54.6 Å². The van der Waals surface area contributed by atoms with Crippen molar-refractivity contribution in [3.63, 3.8) is 0 Å². The molecule has 0 amide bonds. The fourth-order valence-electron chi connectivity index (χ4n) is 3.17. The summed E-state index contributed by atoms with van der Waals surface area (Å²) in [7, 11) is 1.50. The van der Waals surface area contributed by atoms with Crippen LogP contribution in [0.1, 0.15) is 11.1 Å². The number of nitrogens with zero attached hydrogens (tertiary/aromatic N) is 5. The quantitative estimate of drug-likeness (QED) is 0.251. The lowest BCUT2D eigenvalue weighted by molar-refractivity contribution is 0.122. The van der Waals surface area contributed by atoms with Gasteiger partial charge < -0.3 is 19.1 Å². The number of morpholine rings is 1. The number of methoxy groups -OCH3 is 1. The maximum absolute atomic E-state index is 6.29. The van der Waals surface area contributed by atoms with Gasteiger partial charge in [-0.25, -0.2) is 5.43 Å². The van der Waals surface area contributed by atoms with Crippen molar-refractivity contribution in [2.45, 2.75) is 6.61 Å². The first-order chi connectivity index (χ1) is 16.9. The molecule has 0 aliphatic carbocycles. The van der Waals surface area contributed by atoms with Gasteiger partial charge in [0.25, 0.3) is 5.95 Å². The van der Waals surface area contributed by atoms with Gasteiger partial charge in [-0.05, 0) is 40.2 Å². The lowest BCUT2D eigenvalue weighted by Crippen LogP contribution is -2.37. The van der Waals surface area contributed by atoms with E-state index in [-0.39, 0.29) is 18.6 Å². The first-order valence-electron chi connectivity index (χ1n) is 10.4. The minimum absolute atomic E-state index is 0.188. The third-order valence-electron chi connectivity index (χ3n) is 4.87. The van der Waals surface area contributed by atoms with Crippen molar-refractivity contribution in [1.82, 2.24) is 15.0 Å². The van der Waals surface area contributed by atoms with Crippen molar-refractivity contribution in [2.75, 3.05) is 43.7 Å². The van der Waals surface area contributed by atoms with E-state index >= 15 is 0 Å². The first-order valence-corrected chi connectivity index (χ1v) is 12.7. The summed E-state index contributed by atoms with van der Waals surface area (Å²) in [5.41, 5.74) is 4.36. The van der Waals surface area contributed by atoms with Gasteiger partial charge in [-0.2, -0.15) is 20.1 Å². The minimum Gasteiger partial charge on any atom is -0.487 e. The summed E-state index contributed by atoms with van der Waals surface area (Å²) < 4.78 is 18.3. The van der Waals surface area contributed by atoms with Gasteiger partial charge in [0.2, 0.25) is 5.95 Å². The second-order valence-corrected chi connectivity index (χ2v) is 9.86. The molecule has 4 rings (SSSR count). The third kappa shape index (κ3) is 6.95. The molecule has 184 valence electrons. The maximum atomic E-state index is 6.29. The Kier molecular flexibility index (Phi) is 9.01. The molecule has 2 aromatic carbocycles. The van der Waals surface area contributed by atoms with Crippen LogP contribution in [0, 0.1) is 0 Å². The van der Waals surface area contributed by atoms with E-state index in [1.165, 1.54) is 7.11 Å². The van der Waals surface area contributed by atoms with Gasteiger partial charge in [0.15, 0.2) is 0 Å². The average molecular weight is 647 g/mol. The van der Waals surface area contributed by atoms with Gasteiger partial charge in [-0.3, -0.25) is 0 Å². The molecule has 1 aliphatic heterocycles. The number of anilines is 2. The zero-order chi connectivity index (χ0) is 24.8. The molecule has 35 heavy (non-hydrogen) atoms. The van der Waals surface area contributed by atoms with Crippen LogP contribution >= 0.6 is 55.1 Å². The molecule has 0 radical (unpaired) electrons. The first kappa shape index (κ1) is 25.9. The van der Waals surface area contributed by atoms with E-state index in [4.69, 9.17) is 37.4 Å². The zero-order valence-electron chi connectivity index (χ0n) is 18.5. The molecule has 13 heteroatoms. The number of aromatic nitrogens is 3. The van der Waals surface area contributed by atoms with Crippen LogP contribution in [0.25, 0.3) is 0 Å². The monoisotopic (exact) mass is 644 g/mol. The van der Waals surface area contributed by atoms with Gasteiger partial charge in [-0.1, -0.05) is 45.2 Å². The van der Waals surface area contributed by atoms with Crippen LogP contribution in [0.5, 0.6) is 11.8 Å². The van der Waals surface area contributed by atoms with Crippen LogP contribution in [0.4, 0.5) is 11.9 Å². The number of halogens is 4. The number of hydrogen-bond acceptors (Lipinski definition) is 9. The van der Waals surface area contributed by atoms with E-state index in [1.807, 2.05) is 23.1 Å². The van der Waals surface area contributed by atoms with Gasteiger partial charge >= 0.3 is 6.01 Å². The molecule has 1 aromatic heterocycles. The molecular weight excluding hydrogens is 627 g/mol. The van der Waals surface area contributed by atoms with Crippen LogP contribution < -0.4 is 19.8 Å². The molecule has 0 atom stereocenters. The molecule has 1 fully saturated rings. The lowest BCUT2D eigenvalue weighted by Gasteiger charge is -2.26. The van der Waals surface area contributed by atoms with Crippen molar-refractivity contribution >= 4 is 73.2 Å². The fraction of sp³-hybridized carbons (Fsp3) is 0.273. The van der Waals surface area contributed by atoms with Crippen molar-refractivity contribution in [3.8, 4) is 11.8 Å². The Morgan fingerprint density at radius 2 is 1.94 bits per heavy atom. The summed E-state index contributed by atoms with van der Waals surface area (Å²) in [4.78, 5) is 15.0. The number of benzene rings is 2. The molecule has 0 bridgehead atoms. The Morgan fingerprint density at radius 3 is 2.69 bits per heavy atom. The number of ether oxygens (including phenoxy) is 3. The summed E-state index contributed by atoms with van der Waals surface area (Å²) in [6, 6.07) is 9.22. The Hall–Kier alpha value is -2.18. The highest BCUT2D eigenvalue weighted by atomic mass is 79.9. The summed E-state index contributed by atoms with van der Waals surface area (Å²) in [6.07, 6.45) is 1.61. The third-order valence-corrected chi connectivity index (χ3v) is 6.51. The Labute approximate surface area is 229 Å². The normalized spacial score (nSPS) is 13.8. The topological polar surface area (TPSA) is 94.0 Å². The molecular formula is C22H20Br2Cl2N6O3. The standard InChI is InChI=1S/C22H20Br2Cl2N6O3/c1-33-22-29-20(28-21(30-22)32-4-6-34-7-5-32)31-27-11-14-8-15(23)9-17(24)19(14)35-12-13-2-3-16(25)10-18(13)26/h2-3,8-11H,4-7,12H2,1H3,(H,28,29,30,31)/b27-11-. The molecule has 1 saturated heterocycles. The van der Waals surface area contributed by atoms with Crippen molar-refractivity contribution in [2.24, 2.45) is 5.10 Å². The van der Waals surface area contributed by atoms with Gasteiger partial charge in [0, 0.05) is 38.7 Å². The smallest absolute Gasteiger partial charge is 0.322 e. The molecule has 2 heterocycles. The SMILES string of the molecule is COc1nc(N/N=C\c2cc(Br)cc(Br)c2OCc2ccc(Cl)cc2Cl)nc(N2CCOCC2)n1. The van der Waals surface area contributed by atoms with Gasteiger partial charge in [0.1, 0.15) is 12.4 Å². The number of hydrogen-bond donors (Lipinski definition) is 1. The Balaban J connectivity index is 1.52. The van der Waals surface area contributed by atoms with Gasteiger partial charge in [0.05, 0.1) is 31.0 Å². The van der Waals surface area contributed by atoms with Crippen LogP contribution in [0.15, 0.2) is 44.4 Å². The molecule has 9 nitrogen and oxygen atoms in total. The largest absolute Gasteiger partial charge is 0.487 e. The summed E-state index contributed by atoms with van der Waals surface area (Å²) in [5.74, 6) is 1.33. The van der Waals surface area contributed by atoms with Gasteiger partial charge in [-0.15, -0.1) is 0 Å². The Morgan fingerprint density at radius 1 is 1.14 bits per heavy atom. The summed E-state index contributed by atoms with van der Waals surface area (Å²) >= 11 is 19.3. The molecule has 0 unspecified atom stereocenters. The predicted molar refractivity (Wildman–Crippen MR) is 143 cm³/mol. The van der Waals surface area contributed by atoms with Crippen LogP contribution in [-0.2, 0) is 11.3 Å². The molecule has 3 aromatic rings.